The summed E-state index contributed by atoms with van der Waals surface area (Å²) in [4.78, 5) is 1.30. The van der Waals surface area contributed by atoms with Gasteiger partial charge in [0.05, 0.1) is 16.0 Å². The molecule has 0 spiro atoms. The lowest BCUT2D eigenvalue weighted by molar-refractivity contribution is 0.578. The second-order valence-corrected chi connectivity index (χ2v) is 6.17. The third-order valence-corrected chi connectivity index (χ3v) is 4.28. The first-order valence-corrected chi connectivity index (χ1v) is 7.36. The van der Waals surface area contributed by atoms with Gasteiger partial charge < -0.3 is 5.32 Å². The van der Waals surface area contributed by atoms with Crippen molar-refractivity contribution in [2.45, 2.75) is 19.4 Å². The van der Waals surface area contributed by atoms with Crippen molar-refractivity contribution in [1.29, 1.82) is 5.26 Å². The summed E-state index contributed by atoms with van der Waals surface area (Å²) >= 11 is 7.53. The van der Waals surface area contributed by atoms with Crippen LogP contribution in [-0.2, 0) is 6.42 Å². The fourth-order valence-electron chi connectivity index (χ4n) is 1.86. The number of halogens is 1. The van der Waals surface area contributed by atoms with Crippen LogP contribution in [0.15, 0.2) is 36.4 Å². The van der Waals surface area contributed by atoms with Gasteiger partial charge in [-0.3, -0.25) is 0 Å². The van der Waals surface area contributed by atoms with Gasteiger partial charge in [-0.2, -0.15) is 5.26 Å². The number of nitriles is 1. The lowest BCUT2D eigenvalue weighted by Gasteiger charge is -2.13. The second kappa shape index (κ2) is 6.72. The van der Waals surface area contributed by atoms with Crippen molar-refractivity contribution in [2.75, 3.05) is 6.54 Å². The molecule has 0 bridgehead atoms. The van der Waals surface area contributed by atoms with Crippen LogP contribution in [0.2, 0.25) is 4.34 Å². The Kier molecular flexibility index (Phi) is 4.98. The highest BCUT2D eigenvalue weighted by Crippen LogP contribution is 2.21. The Hall–Kier alpha value is -1.34. The van der Waals surface area contributed by atoms with E-state index in [1.54, 1.807) is 11.3 Å². The van der Waals surface area contributed by atoms with Gasteiger partial charge in [-0.1, -0.05) is 23.7 Å². The Labute approximate surface area is 122 Å². The molecule has 1 N–H and O–H groups in total. The third-order valence-electron chi connectivity index (χ3n) is 2.99. The Morgan fingerprint density at radius 2 is 2.00 bits per heavy atom. The van der Waals surface area contributed by atoms with Crippen molar-refractivity contribution in [3.63, 3.8) is 0 Å². The monoisotopic (exact) mass is 290 g/mol. The van der Waals surface area contributed by atoms with Crippen LogP contribution in [0.3, 0.4) is 0 Å². The SMILES string of the molecule is CC(NCCc1ccc(Cl)s1)c1ccc(C#N)cc1. The van der Waals surface area contributed by atoms with Gasteiger partial charge >= 0.3 is 0 Å². The number of benzene rings is 1. The summed E-state index contributed by atoms with van der Waals surface area (Å²) in [6.07, 6.45) is 0.984. The molecule has 1 unspecified atom stereocenters. The maximum Gasteiger partial charge on any atom is 0.0991 e. The molecule has 2 nitrogen and oxygen atoms in total. The quantitative estimate of drug-likeness (QED) is 0.897. The molecule has 19 heavy (non-hydrogen) atoms. The Balaban J connectivity index is 1.83. The lowest BCUT2D eigenvalue weighted by atomic mass is 10.1. The van der Waals surface area contributed by atoms with Crippen LogP contribution >= 0.6 is 22.9 Å². The van der Waals surface area contributed by atoms with E-state index in [-0.39, 0.29) is 6.04 Å². The van der Waals surface area contributed by atoms with Gasteiger partial charge in [-0.05, 0) is 43.2 Å². The van der Waals surface area contributed by atoms with Gasteiger partial charge in [-0.25, -0.2) is 0 Å². The molecule has 2 rings (SSSR count). The van der Waals surface area contributed by atoms with Crippen LogP contribution in [0, 0.1) is 11.3 Å². The van der Waals surface area contributed by atoms with Crippen molar-refractivity contribution in [3.8, 4) is 6.07 Å². The van der Waals surface area contributed by atoms with Crippen molar-refractivity contribution < 1.29 is 0 Å². The summed E-state index contributed by atoms with van der Waals surface area (Å²) in [5, 5.41) is 12.2. The number of thiophene rings is 1. The molecule has 2 aromatic rings. The molecule has 1 aromatic heterocycles. The van der Waals surface area contributed by atoms with Crippen LogP contribution < -0.4 is 5.32 Å². The zero-order valence-electron chi connectivity index (χ0n) is 10.7. The van der Waals surface area contributed by atoms with E-state index in [4.69, 9.17) is 16.9 Å². The smallest absolute Gasteiger partial charge is 0.0991 e. The van der Waals surface area contributed by atoms with E-state index < -0.39 is 0 Å². The largest absolute Gasteiger partial charge is 0.310 e. The average molecular weight is 291 g/mol. The molecule has 0 aliphatic heterocycles. The Morgan fingerprint density at radius 1 is 1.26 bits per heavy atom. The molecule has 1 heterocycles. The van der Waals surface area contributed by atoms with E-state index in [1.165, 1.54) is 10.4 Å². The summed E-state index contributed by atoms with van der Waals surface area (Å²) in [7, 11) is 0. The van der Waals surface area contributed by atoms with Crippen molar-refractivity contribution in [1.82, 2.24) is 5.32 Å². The van der Waals surface area contributed by atoms with Gasteiger partial charge in [-0.15, -0.1) is 11.3 Å². The second-order valence-electron chi connectivity index (χ2n) is 4.37. The molecule has 0 aliphatic rings. The maximum absolute atomic E-state index is 8.76. The first-order chi connectivity index (χ1) is 9.19. The highest BCUT2D eigenvalue weighted by atomic mass is 35.5. The molecule has 0 amide bonds. The molecular formula is C15H15ClN2S. The van der Waals surface area contributed by atoms with Crippen LogP contribution in [-0.4, -0.2) is 6.54 Å². The minimum absolute atomic E-state index is 0.281. The summed E-state index contributed by atoms with van der Waals surface area (Å²) < 4.78 is 0.843. The van der Waals surface area contributed by atoms with E-state index in [0.717, 1.165) is 17.3 Å². The van der Waals surface area contributed by atoms with Crippen LogP contribution in [0.5, 0.6) is 0 Å². The molecule has 0 saturated heterocycles. The number of hydrogen-bond acceptors (Lipinski definition) is 3. The Morgan fingerprint density at radius 3 is 2.58 bits per heavy atom. The molecule has 0 aliphatic carbocycles. The van der Waals surface area contributed by atoms with E-state index in [2.05, 4.69) is 24.4 Å². The normalized spacial score (nSPS) is 12.1. The molecular weight excluding hydrogens is 276 g/mol. The van der Waals surface area contributed by atoms with Gasteiger partial charge in [0.25, 0.3) is 0 Å². The van der Waals surface area contributed by atoms with Gasteiger partial charge in [0.1, 0.15) is 0 Å². The van der Waals surface area contributed by atoms with Crippen molar-refractivity contribution in [2.24, 2.45) is 0 Å². The third kappa shape index (κ3) is 4.07. The Bertz CT molecular complexity index is 569. The summed E-state index contributed by atoms with van der Waals surface area (Å²) in [6, 6.07) is 14.1. The summed E-state index contributed by atoms with van der Waals surface area (Å²) in [5.41, 5.74) is 1.90. The predicted molar refractivity (Wildman–Crippen MR) is 80.6 cm³/mol. The highest BCUT2D eigenvalue weighted by Gasteiger charge is 2.05. The van der Waals surface area contributed by atoms with Gasteiger partial charge in [0, 0.05) is 17.5 Å². The topological polar surface area (TPSA) is 35.8 Å². The molecule has 1 aromatic carbocycles. The van der Waals surface area contributed by atoms with Crippen LogP contribution in [0.25, 0.3) is 0 Å². The zero-order valence-corrected chi connectivity index (χ0v) is 12.3. The standard InChI is InChI=1S/C15H15ClN2S/c1-11(13-4-2-12(10-17)3-5-13)18-9-8-14-6-7-15(16)19-14/h2-7,11,18H,8-9H2,1H3. The zero-order chi connectivity index (χ0) is 13.7. The van der Waals surface area contributed by atoms with Gasteiger partial charge in [0.15, 0.2) is 0 Å². The molecule has 4 heteroatoms. The minimum atomic E-state index is 0.281. The maximum atomic E-state index is 8.76. The fraction of sp³-hybridized carbons (Fsp3) is 0.267. The molecule has 0 fully saturated rings. The number of rotatable bonds is 5. The highest BCUT2D eigenvalue weighted by molar-refractivity contribution is 7.16. The van der Waals surface area contributed by atoms with Crippen LogP contribution in [0.1, 0.15) is 29.0 Å². The molecule has 1 atom stereocenters. The lowest BCUT2D eigenvalue weighted by Crippen LogP contribution is -2.21. The van der Waals surface area contributed by atoms with E-state index in [9.17, 15) is 0 Å². The average Bonchev–Trinajstić information content (AvgIpc) is 2.84. The minimum Gasteiger partial charge on any atom is -0.310 e. The van der Waals surface area contributed by atoms with E-state index >= 15 is 0 Å². The number of hydrogen-bond donors (Lipinski definition) is 1. The molecule has 0 saturated carbocycles. The molecule has 0 radical (unpaired) electrons. The van der Waals surface area contributed by atoms with Crippen molar-refractivity contribution in [3.05, 3.63) is 56.7 Å². The number of nitrogens with zero attached hydrogens (tertiary/aromatic N) is 1. The first-order valence-electron chi connectivity index (χ1n) is 6.16. The van der Waals surface area contributed by atoms with Crippen LogP contribution in [0.4, 0.5) is 0 Å². The van der Waals surface area contributed by atoms with E-state index in [1.807, 2.05) is 30.3 Å². The fourth-order valence-corrected chi connectivity index (χ4v) is 2.95. The predicted octanol–water partition coefficient (Wildman–Crippen LogP) is 4.17. The van der Waals surface area contributed by atoms with E-state index in [0.29, 0.717) is 5.56 Å². The number of nitrogens with one attached hydrogen (secondary N) is 1. The van der Waals surface area contributed by atoms with Gasteiger partial charge in [0.2, 0.25) is 0 Å². The summed E-state index contributed by atoms with van der Waals surface area (Å²) in [5.74, 6) is 0. The molecule has 98 valence electrons. The first kappa shape index (κ1) is 14.1. The summed E-state index contributed by atoms with van der Waals surface area (Å²) in [6.45, 7) is 3.04. The van der Waals surface area contributed by atoms with Crippen molar-refractivity contribution >= 4 is 22.9 Å².